The Kier molecular flexibility index (Phi) is 5.47. The van der Waals surface area contributed by atoms with Gasteiger partial charge >= 0.3 is 0 Å². The van der Waals surface area contributed by atoms with E-state index in [1.165, 1.54) is 12.1 Å². The lowest BCUT2D eigenvalue weighted by atomic mass is 9.92. The molecule has 1 amide bonds. The molecule has 1 aromatic heterocycles. The van der Waals surface area contributed by atoms with Crippen molar-refractivity contribution >= 4 is 16.7 Å². The van der Waals surface area contributed by atoms with E-state index in [2.05, 4.69) is 18.0 Å². The van der Waals surface area contributed by atoms with E-state index < -0.39 is 0 Å². The number of amides is 1. The summed E-state index contributed by atoms with van der Waals surface area (Å²) >= 11 is 0. The van der Waals surface area contributed by atoms with E-state index >= 15 is 0 Å². The summed E-state index contributed by atoms with van der Waals surface area (Å²) in [4.78, 5) is 19.4. The van der Waals surface area contributed by atoms with Crippen LogP contribution in [0.5, 0.6) is 5.75 Å². The van der Waals surface area contributed by atoms with Crippen molar-refractivity contribution in [3.8, 4) is 5.75 Å². The second kappa shape index (κ2) is 8.19. The van der Waals surface area contributed by atoms with Crippen molar-refractivity contribution in [2.24, 2.45) is 0 Å². The van der Waals surface area contributed by atoms with Gasteiger partial charge in [0.1, 0.15) is 11.6 Å². The summed E-state index contributed by atoms with van der Waals surface area (Å²) in [5.41, 5.74) is 2.82. The van der Waals surface area contributed by atoms with Crippen LogP contribution in [0.3, 0.4) is 0 Å². The minimum Gasteiger partial charge on any atom is -0.496 e. The molecule has 1 aliphatic rings. The monoisotopic (exact) mass is 392 g/mol. The first-order valence-electron chi connectivity index (χ1n) is 10.0. The van der Waals surface area contributed by atoms with Crippen LogP contribution in [-0.4, -0.2) is 36.0 Å². The van der Waals surface area contributed by atoms with E-state index in [1.54, 1.807) is 19.2 Å². The predicted molar refractivity (Wildman–Crippen MR) is 112 cm³/mol. The molecular weight excluding hydrogens is 367 g/mol. The number of aromatic nitrogens is 1. The molecule has 1 fully saturated rings. The van der Waals surface area contributed by atoms with Gasteiger partial charge < -0.3 is 9.64 Å². The number of piperidine rings is 1. The number of aryl methyl sites for hydroxylation is 1. The lowest BCUT2D eigenvalue weighted by Gasteiger charge is -2.32. The molecule has 0 saturated carbocycles. The van der Waals surface area contributed by atoms with Crippen molar-refractivity contribution in [2.45, 2.75) is 32.1 Å². The third-order valence-electron chi connectivity index (χ3n) is 5.80. The first-order chi connectivity index (χ1) is 14.0. The van der Waals surface area contributed by atoms with Crippen molar-refractivity contribution in [3.63, 3.8) is 0 Å². The van der Waals surface area contributed by atoms with Gasteiger partial charge in [0.15, 0.2) is 0 Å². The van der Waals surface area contributed by atoms with Gasteiger partial charge in [0.2, 0.25) is 5.91 Å². The summed E-state index contributed by atoms with van der Waals surface area (Å²) in [6, 6.07) is 12.4. The molecule has 0 aliphatic carbocycles. The Morgan fingerprint density at radius 1 is 1.28 bits per heavy atom. The number of methoxy groups -OCH3 is 1. The number of hydrogen-bond acceptors (Lipinski definition) is 3. The molecule has 0 N–H and O–H groups in total. The average Bonchev–Trinajstić information content (AvgIpc) is 2.74. The van der Waals surface area contributed by atoms with Gasteiger partial charge in [0, 0.05) is 36.3 Å². The SMILES string of the molecule is COc1ccc2cnc([C@H]3CCCN(C(=O)Cc4cccc(F)c4)C3)cc2c1C. The second-order valence-electron chi connectivity index (χ2n) is 7.71. The Labute approximate surface area is 170 Å². The smallest absolute Gasteiger partial charge is 0.227 e. The van der Waals surface area contributed by atoms with Gasteiger partial charge in [-0.2, -0.15) is 0 Å². The third-order valence-corrected chi connectivity index (χ3v) is 5.80. The van der Waals surface area contributed by atoms with Crippen LogP contribution in [0.25, 0.3) is 10.8 Å². The normalized spacial score (nSPS) is 16.8. The molecule has 2 heterocycles. The van der Waals surface area contributed by atoms with E-state index in [1.807, 2.05) is 23.2 Å². The zero-order valence-corrected chi connectivity index (χ0v) is 16.8. The summed E-state index contributed by atoms with van der Waals surface area (Å²) in [5, 5.41) is 2.22. The quantitative estimate of drug-likeness (QED) is 0.650. The summed E-state index contributed by atoms with van der Waals surface area (Å²) in [6.45, 7) is 3.45. The van der Waals surface area contributed by atoms with E-state index in [0.717, 1.165) is 47.2 Å². The van der Waals surface area contributed by atoms with Crippen LogP contribution in [0.15, 0.2) is 48.7 Å². The molecule has 0 spiro atoms. The zero-order valence-electron chi connectivity index (χ0n) is 16.8. The molecule has 0 radical (unpaired) electrons. The molecule has 1 saturated heterocycles. The summed E-state index contributed by atoms with van der Waals surface area (Å²) < 4.78 is 18.9. The molecule has 5 heteroatoms. The van der Waals surface area contributed by atoms with Crippen molar-refractivity contribution in [2.75, 3.05) is 20.2 Å². The molecule has 0 unspecified atom stereocenters. The van der Waals surface area contributed by atoms with Crippen molar-refractivity contribution in [1.82, 2.24) is 9.88 Å². The number of fused-ring (bicyclic) bond motifs is 1. The Balaban J connectivity index is 1.53. The van der Waals surface area contributed by atoms with Gasteiger partial charge in [-0.3, -0.25) is 9.78 Å². The lowest BCUT2D eigenvalue weighted by Crippen LogP contribution is -2.40. The summed E-state index contributed by atoms with van der Waals surface area (Å²) in [7, 11) is 1.68. The van der Waals surface area contributed by atoms with E-state index in [9.17, 15) is 9.18 Å². The van der Waals surface area contributed by atoms with Gasteiger partial charge in [-0.25, -0.2) is 4.39 Å². The van der Waals surface area contributed by atoms with Crippen LogP contribution < -0.4 is 4.74 Å². The highest BCUT2D eigenvalue weighted by molar-refractivity contribution is 5.87. The fourth-order valence-electron chi connectivity index (χ4n) is 4.19. The number of rotatable bonds is 4. The minimum absolute atomic E-state index is 0.0407. The molecule has 1 atom stereocenters. The van der Waals surface area contributed by atoms with Crippen molar-refractivity contribution in [1.29, 1.82) is 0 Å². The van der Waals surface area contributed by atoms with Gasteiger partial charge in [0.05, 0.1) is 13.5 Å². The molecule has 3 aromatic rings. The number of likely N-dealkylation sites (tertiary alicyclic amines) is 1. The lowest BCUT2D eigenvalue weighted by molar-refractivity contribution is -0.131. The molecule has 4 nitrogen and oxygen atoms in total. The molecule has 4 rings (SSSR count). The Hall–Kier alpha value is -2.95. The van der Waals surface area contributed by atoms with E-state index in [-0.39, 0.29) is 24.1 Å². The molecule has 1 aliphatic heterocycles. The second-order valence-corrected chi connectivity index (χ2v) is 7.71. The molecule has 29 heavy (non-hydrogen) atoms. The standard InChI is InChI=1S/C24H25FN2O2/c1-16-21-13-22(26-14-18(21)8-9-23(16)29-2)19-6-4-10-27(15-19)24(28)12-17-5-3-7-20(25)11-17/h3,5,7-9,11,13-14,19H,4,6,10,12,15H2,1-2H3/t19-/m0/s1. The number of hydrogen-bond donors (Lipinski definition) is 0. The number of nitrogens with zero attached hydrogens (tertiary/aromatic N) is 2. The molecule has 0 bridgehead atoms. The minimum atomic E-state index is -0.307. The van der Waals surface area contributed by atoms with Crippen LogP contribution in [0.4, 0.5) is 4.39 Å². The van der Waals surface area contributed by atoms with Crippen molar-refractivity contribution in [3.05, 3.63) is 71.3 Å². The van der Waals surface area contributed by atoms with Crippen LogP contribution in [0, 0.1) is 12.7 Å². The van der Waals surface area contributed by atoms with Gasteiger partial charge in [-0.15, -0.1) is 0 Å². The third kappa shape index (κ3) is 4.09. The van der Waals surface area contributed by atoms with Crippen LogP contribution in [-0.2, 0) is 11.2 Å². The fraction of sp³-hybridized carbons (Fsp3) is 0.333. The molecule has 2 aromatic carbocycles. The number of halogens is 1. The Morgan fingerprint density at radius 3 is 2.93 bits per heavy atom. The highest BCUT2D eigenvalue weighted by atomic mass is 19.1. The topological polar surface area (TPSA) is 42.4 Å². The number of ether oxygens (including phenoxy) is 1. The molecule has 150 valence electrons. The summed E-state index contributed by atoms with van der Waals surface area (Å²) in [5.74, 6) is 0.803. The van der Waals surface area contributed by atoms with Gasteiger partial charge in [-0.05, 0) is 66.6 Å². The zero-order chi connectivity index (χ0) is 20.4. The average molecular weight is 392 g/mol. The predicted octanol–water partition coefficient (Wildman–Crippen LogP) is 4.64. The maximum atomic E-state index is 13.4. The number of carbonyl (C=O) groups excluding carboxylic acids is 1. The molecular formula is C24H25FN2O2. The first-order valence-corrected chi connectivity index (χ1v) is 10.0. The van der Waals surface area contributed by atoms with E-state index in [4.69, 9.17) is 4.74 Å². The number of carbonyl (C=O) groups is 1. The van der Waals surface area contributed by atoms with Gasteiger partial charge in [0.25, 0.3) is 0 Å². The summed E-state index contributed by atoms with van der Waals surface area (Å²) in [6.07, 6.45) is 4.08. The Morgan fingerprint density at radius 2 is 2.14 bits per heavy atom. The van der Waals surface area contributed by atoms with Crippen LogP contribution >= 0.6 is 0 Å². The van der Waals surface area contributed by atoms with Gasteiger partial charge in [-0.1, -0.05) is 12.1 Å². The highest BCUT2D eigenvalue weighted by Crippen LogP contribution is 2.31. The maximum Gasteiger partial charge on any atom is 0.227 e. The fourth-order valence-corrected chi connectivity index (χ4v) is 4.19. The van der Waals surface area contributed by atoms with Crippen molar-refractivity contribution < 1.29 is 13.9 Å². The first kappa shape index (κ1) is 19.4. The highest BCUT2D eigenvalue weighted by Gasteiger charge is 2.26. The largest absolute Gasteiger partial charge is 0.496 e. The Bertz CT molecular complexity index is 1050. The number of benzene rings is 2. The van der Waals surface area contributed by atoms with Crippen LogP contribution in [0.1, 0.15) is 35.6 Å². The number of pyridine rings is 1. The van der Waals surface area contributed by atoms with E-state index in [0.29, 0.717) is 12.1 Å². The van der Waals surface area contributed by atoms with Crippen LogP contribution in [0.2, 0.25) is 0 Å². The maximum absolute atomic E-state index is 13.4.